The number of aromatic nitrogens is 4. The number of fused-ring (bicyclic) bond motifs is 1. The summed E-state index contributed by atoms with van der Waals surface area (Å²) in [6.45, 7) is 6.74. The van der Waals surface area contributed by atoms with Crippen molar-refractivity contribution in [2.24, 2.45) is 0 Å². The molecule has 30 heavy (non-hydrogen) atoms. The first-order valence-electron chi connectivity index (χ1n) is 10.7. The molecule has 2 fully saturated rings. The fourth-order valence-electron chi connectivity index (χ4n) is 4.49. The summed E-state index contributed by atoms with van der Waals surface area (Å²) in [5.74, 6) is 2.27. The van der Waals surface area contributed by atoms with E-state index >= 15 is 0 Å². The SMILES string of the molecule is CSN1CCC(c2cc(N3CCOCC3C)nc(-c3ccnc4[nH]ccc34)n2)CC1. The molecular weight excluding hydrogens is 396 g/mol. The van der Waals surface area contributed by atoms with Crippen molar-refractivity contribution in [2.45, 2.75) is 31.7 Å². The smallest absolute Gasteiger partial charge is 0.162 e. The van der Waals surface area contributed by atoms with E-state index in [9.17, 15) is 0 Å². The van der Waals surface area contributed by atoms with E-state index in [0.717, 1.165) is 79.6 Å². The maximum atomic E-state index is 5.66. The molecule has 2 saturated heterocycles. The molecule has 0 spiro atoms. The molecule has 0 radical (unpaired) electrons. The van der Waals surface area contributed by atoms with E-state index in [1.54, 1.807) is 0 Å². The summed E-state index contributed by atoms with van der Waals surface area (Å²) in [4.78, 5) is 20.1. The molecule has 3 aromatic heterocycles. The number of rotatable bonds is 4. The zero-order valence-electron chi connectivity index (χ0n) is 17.5. The Hall–Kier alpha value is -2.16. The highest BCUT2D eigenvalue weighted by Gasteiger charge is 2.26. The van der Waals surface area contributed by atoms with Crippen LogP contribution in [0, 0.1) is 0 Å². The third-order valence-electron chi connectivity index (χ3n) is 6.23. The van der Waals surface area contributed by atoms with E-state index in [1.165, 1.54) is 0 Å². The molecule has 2 aliphatic rings. The lowest BCUT2D eigenvalue weighted by molar-refractivity contribution is 0.0985. The monoisotopic (exact) mass is 424 g/mol. The molecule has 5 heterocycles. The molecule has 1 unspecified atom stereocenters. The topological polar surface area (TPSA) is 70.2 Å². The summed E-state index contributed by atoms with van der Waals surface area (Å²) in [6.07, 6.45) is 8.18. The van der Waals surface area contributed by atoms with Gasteiger partial charge in [-0.05, 0) is 38.2 Å². The average molecular weight is 425 g/mol. The second-order valence-corrected chi connectivity index (χ2v) is 8.96. The molecule has 7 nitrogen and oxygen atoms in total. The van der Waals surface area contributed by atoms with Gasteiger partial charge < -0.3 is 14.6 Å². The van der Waals surface area contributed by atoms with Crippen molar-refractivity contribution in [1.82, 2.24) is 24.2 Å². The van der Waals surface area contributed by atoms with E-state index in [-0.39, 0.29) is 0 Å². The van der Waals surface area contributed by atoms with E-state index < -0.39 is 0 Å². The van der Waals surface area contributed by atoms with Crippen LogP contribution in [0.15, 0.2) is 30.6 Å². The molecule has 0 amide bonds. The fraction of sp³-hybridized carbons (Fsp3) is 0.500. The minimum Gasteiger partial charge on any atom is -0.377 e. The highest BCUT2D eigenvalue weighted by molar-refractivity contribution is 7.96. The normalized spacial score (nSPS) is 21.4. The number of pyridine rings is 1. The van der Waals surface area contributed by atoms with Gasteiger partial charge in [-0.1, -0.05) is 11.9 Å². The Morgan fingerprint density at radius 1 is 1.17 bits per heavy atom. The quantitative estimate of drug-likeness (QED) is 0.640. The lowest BCUT2D eigenvalue weighted by Gasteiger charge is -2.35. The number of hydrogen-bond donors (Lipinski definition) is 1. The van der Waals surface area contributed by atoms with Gasteiger partial charge in [0.2, 0.25) is 0 Å². The van der Waals surface area contributed by atoms with Crippen molar-refractivity contribution < 1.29 is 4.74 Å². The first-order chi connectivity index (χ1) is 14.7. The summed E-state index contributed by atoms with van der Waals surface area (Å²) in [7, 11) is 0. The molecule has 1 N–H and O–H groups in total. The first kappa shape index (κ1) is 19.8. The fourth-order valence-corrected chi connectivity index (χ4v) is 5.06. The highest BCUT2D eigenvalue weighted by Crippen LogP contribution is 2.34. The Morgan fingerprint density at radius 3 is 2.83 bits per heavy atom. The average Bonchev–Trinajstić information content (AvgIpc) is 3.28. The number of aromatic amines is 1. The third-order valence-corrected chi connectivity index (χ3v) is 7.11. The number of hydrogen-bond acceptors (Lipinski definition) is 7. The predicted molar refractivity (Wildman–Crippen MR) is 122 cm³/mol. The second kappa shape index (κ2) is 8.53. The van der Waals surface area contributed by atoms with Gasteiger partial charge in [-0.2, -0.15) is 0 Å². The van der Waals surface area contributed by atoms with Crippen LogP contribution in [-0.2, 0) is 4.74 Å². The van der Waals surface area contributed by atoms with Crippen LogP contribution in [0.4, 0.5) is 5.82 Å². The molecule has 0 aliphatic carbocycles. The lowest BCUT2D eigenvalue weighted by atomic mass is 9.94. The van der Waals surface area contributed by atoms with Gasteiger partial charge in [-0.15, -0.1) is 0 Å². The minimum atomic E-state index is 0.303. The van der Waals surface area contributed by atoms with Crippen LogP contribution in [0.1, 0.15) is 31.4 Å². The zero-order valence-corrected chi connectivity index (χ0v) is 18.4. The molecule has 1 atom stereocenters. The van der Waals surface area contributed by atoms with Gasteiger partial charge in [0.15, 0.2) is 5.82 Å². The van der Waals surface area contributed by atoms with Crippen LogP contribution in [0.5, 0.6) is 0 Å². The molecule has 158 valence electrons. The molecule has 0 saturated carbocycles. The maximum absolute atomic E-state index is 5.66. The summed E-state index contributed by atoms with van der Waals surface area (Å²) >= 11 is 1.84. The van der Waals surface area contributed by atoms with Crippen LogP contribution >= 0.6 is 11.9 Å². The van der Waals surface area contributed by atoms with Crippen LogP contribution in [-0.4, -0.2) is 69.4 Å². The van der Waals surface area contributed by atoms with Crippen molar-refractivity contribution in [1.29, 1.82) is 0 Å². The second-order valence-electron chi connectivity index (χ2n) is 8.08. The van der Waals surface area contributed by atoms with E-state index in [4.69, 9.17) is 14.7 Å². The molecule has 3 aromatic rings. The van der Waals surface area contributed by atoms with Crippen LogP contribution in [0.25, 0.3) is 22.4 Å². The highest BCUT2D eigenvalue weighted by atomic mass is 32.2. The summed E-state index contributed by atoms with van der Waals surface area (Å²) in [5.41, 5.74) is 3.07. The first-order valence-corrected chi connectivity index (χ1v) is 11.9. The van der Waals surface area contributed by atoms with Crippen molar-refractivity contribution in [3.8, 4) is 11.4 Å². The van der Waals surface area contributed by atoms with Crippen LogP contribution < -0.4 is 4.90 Å². The number of nitrogens with one attached hydrogen (secondary N) is 1. The standard InChI is InChI=1S/C22H28N6OS/c1-15-14-29-12-11-28(15)20-13-19(16-5-9-27(30-2)10-6-16)25-22(26-20)18-4-8-24-21-17(18)3-7-23-21/h3-4,7-8,13,15-16H,5-6,9-12,14H2,1-2H3,(H,23,24). The van der Waals surface area contributed by atoms with E-state index in [2.05, 4.69) is 44.5 Å². The maximum Gasteiger partial charge on any atom is 0.162 e. The molecule has 0 aromatic carbocycles. The summed E-state index contributed by atoms with van der Waals surface area (Å²) in [6, 6.07) is 6.61. The summed E-state index contributed by atoms with van der Waals surface area (Å²) < 4.78 is 8.10. The number of morpholine rings is 1. The van der Waals surface area contributed by atoms with E-state index in [0.29, 0.717) is 12.0 Å². The van der Waals surface area contributed by atoms with Gasteiger partial charge in [-0.25, -0.2) is 15.0 Å². The van der Waals surface area contributed by atoms with Crippen LogP contribution in [0.3, 0.4) is 0 Å². The lowest BCUT2D eigenvalue weighted by Crippen LogP contribution is -2.44. The van der Waals surface area contributed by atoms with Crippen molar-refractivity contribution >= 4 is 28.8 Å². The van der Waals surface area contributed by atoms with Crippen LogP contribution in [0.2, 0.25) is 0 Å². The largest absolute Gasteiger partial charge is 0.377 e. The zero-order chi connectivity index (χ0) is 20.5. The summed E-state index contributed by atoms with van der Waals surface area (Å²) in [5, 5.41) is 1.06. The third kappa shape index (κ3) is 3.79. The van der Waals surface area contributed by atoms with Gasteiger partial charge in [-0.3, -0.25) is 4.31 Å². The Labute approximate surface area is 181 Å². The van der Waals surface area contributed by atoms with Crippen molar-refractivity contribution in [3.05, 3.63) is 36.3 Å². The van der Waals surface area contributed by atoms with Gasteiger partial charge in [0.25, 0.3) is 0 Å². The van der Waals surface area contributed by atoms with Crippen molar-refractivity contribution in [3.63, 3.8) is 0 Å². The molecular formula is C22H28N6OS. The number of anilines is 1. The number of piperidine rings is 1. The van der Waals surface area contributed by atoms with Crippen molar-refractivity contribution in [2.75, 3.05) is 44.0 Å². The molecule has 5 rings (SSSR count). The Kier molecular flexibility index (Phi) is 5.62. The molecule has 0 bridgehead atoms. The van der Waals surface area contributed by atoms with Gasteiger partial charge >= 0.3 is 0 Å². The predicted octanol–water partition coefficient (Wildman–Crippen LogP) is 3.70. The van der Waals surface area contributed by atoms with Gasteiger partial charge in [0, 0.05) is 60.7 Å². The van der Waals surface area contributed by atoms with Gasteiger partial charge in [0.1, 0.15) is 11.5 Å². The Balaban J connectivity index is 1.57. The number of nitrogens with zero attached hydrogens (tertiary/aromatic N) is 5. The number of H-pyrrole nitrogens is 1. The van der Waals surface area contributed by atoms with Gasteiger partial charge in [0.05, 0.1) is 19.3 Å². The number of ether oxygens (including phenoxy) is 1. The Morgan fingerprint density at radius 2 is 2.03 bits per heavy atom. The Bertz CT molecular complexity index is 1020. The van der Waals surface area contributed by atoms with E-state index in [1.807, 2.05) is 30.4 Å². The molecule has 8 heteroatoms. The molecule has 2 aliphatic heterocycles. The minimum absolute atomic E-state index is 0.303.